The second kappa shape index (κ2) is 6.47. The number of amides is 1. The van der Waals surface area contributed by atoms with Gasteiger partial charge in [-0.15, -0.1) is 0 Å². The highest BCUT2D eigenvalue weighted by molar-refractivity contribution is 7.99. The fraction of sp³-hybridized carbons (Fsp3) is 0.667. The molecule has 0 spiro atoms. The maximum atomic E-state index is 12.1. The molecule has 0 aliphatic carbocycles. The average molecular weight is 300 g/mol. The summed E-state index contributed by atoms with van der Waals surface area (Å²) in [4.78, 5) is 16.8. The van der Waals surface area contributed by atoms with Crippen molar-refractivity contribution in [2.45, 2.75) is 26.3 Å². The molecule has 4 N–H and O–H groups in total. The van der Waals surface area contributed by atoms with Crippen LogP contribution in [0.3, 0.4) is 0 Å². The van der Waals surface area contributed by atoms with Crippen LogP contribution in [0.25, 0.3) is 0 Å². The lowest BCUT2D eigenvalue weighted by atomic mass is 10.2. The predicted octanol–water partition coefficient (Wildman–Crippen LogP) is 2.03. The molecule has 1 amide bonds. The van der Waals surface area contributed by atoms with E-state index in [1.165, 1.54) is 11.3 Å². The Bertz CT molecular complexity index is 441. The van der Waals surface area contributed by atoms with Crippen LogP contribution in [-0.4, -0.2) is 35.0 Å². The summed E-state index contributed by atoms with van der Waals surface area (Å²) in [5, 5.41) is 6.93. The van der Waals surface area contributed by atoms with Gasteiger partial charge in [0.2, 0.25) is 0 Å². The standard InChI is InChI=1S/C12H20N4OS2/c1-7(2)5-14-12-16-10(13)9(19-12)11(17)15-8-3-4-18-6-8/h7-8H,3-6,13H2,1-2H3,(H,14,16)(H,15,17). The molecule has 1 fully saturated rings. The molecule has 2 rings (SSSR count). The van der Waals surface area contributed by atoms with Crippen molar-refractivity contribution in [3.8, 4) is 0 Å². The number of nitrogens with zero attached hydrogens (tertiary/aromatic N) is 1. The lowest BCUT2D eigenvalue weighted by Gasteiger charge is -2.09. The van der Waals surface area contributed by atoms with Crippen LogP contribution in [0, 0.1) is 5.92 Å². The van der Waals surface area contributed by atoms with E-state index in [-0.39, 0.29) is 11.9 Å². The maximum absolute atomic E-state index is 12.1. The molecule has 106 valence electrons. The number of nitrogen functional groups attached to an aromatic ring is 1. The molecule has 0 aromatic carbocycles. The summed E-state index contributed by atoms with van der Waals surface area (Å²) in [6.45, 7) is 5.07. The lowest BCUT2D eigenvalue weighted by molar-refractivity contribution is 0.0946. The van der Waals surface area contributed by atoms with E-state index in [2.05, 4.69) is 29.5 Å². The maximum Gasteiger partial charge on any atom is 0.265 e. The van der Waals surface area contributed by atoms with Crippen LogP contribution >= 0.6 is 23.1 Å². The molecule has 0 saturated carbocycles. The summed E-state index contributed by atoms with van der Waals surface area (Å²) >= 11 is 3.20. The van der Waals surface area contributed by atoms with Crippen LogP contribution in [0.4, 0.5) is 10.9 Å². The molecule has 1 aliphatic rings. The van der Waals surface area contributed by atoms with E-state index in [1.807, 2.05) is 11.8 Å². The quantitative estimate of drug-likeness (QED) is 0.775. The molecular formula is C12H20N4OS2. The van der Waals surface area contributed by atoms with Gasteiger partial charge in [-0.25, -0.2) is 4.98 Å². The van der Waals surface area contributed by atoms with Crippen molar-refractivity contribution in [1.82, 2.24) is 10.3 Å². The van der Waals surface area contributed by atoms with Crippen molar-refractivity contribution in [3.05, 3.63) is 4.88 Å². The highest BCUT2D eigenvalue weighted by Gasteiger charge is 2.22. The van der Waals surface area contributed by atoms with Crippen molar-refractivity contribution >= 4 is 40.0 Å². The first-order valence-corrected chi connectivity index (χ1v) is 8.42. The topological polar surface area (TPSA) is 80.0 Å². The zero-order chi connectivity index (χ0) is 13.8. The molecule has 5 nitrogen and oxygen atoms in total. The molecule has 19 heavy (non-hydrogen) atoms. The second-order valence-electron chi connectivity index (χ2n) is 5.04. The van der Waals surface area contributed by atoms with Crippen molar-refractivity contribution in [2.24, 2.45) is 5.92 Å². The molecule has 7 heteroatoms. The number of carbonyl (C=O) groups is 1. The van der Waals surface area contributed by atoms with Gasteiger partial charge in [0.15, 0.2) is 5.13 Å². The first kappa shape index (κ1) is 14.5. The van der Waals surface area contributed by atoms with Gasteiger partial charge in [-0.2, -0.15) is 11.8 Å². The van der Waals surface area contributed by atoms with Gasteiger partial charge in [-0.05, 0) is 18.1 Å². The second-order valence-corrected chi connectivity index (χ2v) is 7.19. The summed E-state index contributed by atoms with van der Waals surface area (Å²) in [5.74, 6) is 2.85. The van der Waals surface area contributed by atoms with Crippen LogP contribution in [0.15, 0.2) is 0 Å². The third-order valence-electron chi connectivity index (χ3n) is 2.79. The Hall–Kier alpha value is -0.950. The number of hydrogen-bond acceptors (Lipinski definition) is 6. The van der Waals surface area contributed by atoms with E-state index >= 15 is 0 Å². The number of nitrogens with two attached hydrogens (primary N) is 1. The minimum absolute atomic E-state index is 0.0971. The van der Waals surface area contributed by atoms with E-state index in [0.717, 1.165) is 29.6 Å². The fourth-order valence-corrected chi connectivity index (χ4v) is 3.71. The zero-order valence-electron chi connectivity index (χ0n) is 11.2. The zero-order valence-corrected chi connectivity index (χ0v) is 12.9. The van der Waals surface area contributed by atoms with Crippen molar-refractivity contribution < 1.29 is 4.79 Å². The first-order chi connectivity index (χ1) is 9.06. The highest BCUT2D eigenvalue weighted by Crippen LogP contribution is 2.26. The summed E-state index contributed by atoms with van der Waals surface area (Å²) in [6, 6.07) is 0.270. The normalized spacial score (nSPS) is 18.8. The molecule has 0 radical (unpaired) electrons. The van der Waals surface area contributed by atoms with Crippen molar-refractivity contribution in [3.63, 3.8) is 0 Å². The molecule has 1 aliphatic heterocycles. The number of aromatic nitrogens is 1. The summed E-state index contributed by atoms with van der Waals surface area (Å²) in [5.41, 5.74) is 5.82. The highest BCUT2D eigenvalue weighted by atomic mass is 32.2. The Labute approximate surface area is 121 Å². The number of carbonyl (C=O) groups excluding carboxylic acids is 1. The third-order valence-corrected chi connectivity index (χ3v) is 4.98. The van der Waals surface area contributed by atoms with Gasteiger partial charge in [0.25, 0.3) is 5.91 Å². The van der Waals surface area contributed by atoms with Gasteiger partial charge >= 0.3 is 0 Å². The molecule has 0 bridgehead atoms. The summed E-state index contributed by atoms with van der Waals surface area (Å²) in [6.07, 6.45) is 1.04. The van der Waals surface area contributed by atoms with Crippen LogP contribution in [0.1, 0.15) is 29.9 Å². The van der Waals surface area contributed by atoms with Gasteiger partial charge in [0.05, 0.1) is 0 Å². The van der Waals surface area contributed by atoms with Gasteiger partial charge in [-0.3, -0.25) is 4.79 Å². The number of thioether (sulfide) groups is 1. The van der Waals surface area contributed by atoms with E-state index < -0.39 is 0 Å². The van der Waals surface area contributed by atoms with Gasteiger partial charge in [0.1, 0.15) is 10.7 Å². The Morgan fingerprint density at radius 1 is 1.58 bits per heavy atom. The van der Waals surface area contributed by atoms with Gasteiger partial charge in [-0.1, -0.05) is 25.2 Å². The largest absolute Gasteiger partial charge is 0.382 e. The number of anilines is 2. The SMILES string of the molecule is CC(C)CNc1nc(N)c(C(=O)NC2CCSC2)s1. The molecule has 1 aromatic heterocycles. The van der Waals surface area contributed by atoms with Gasteiger partial charge in [0, 0.05) is 18.3 Å². The number of nitrogens with one attached hydrogen (secondary N) is 2. The van der Waals surface area contributed by atoms with Crippen molar-refractivity contribution in [1.29, 1.82) is 0 Å². The molecule has 1 aromatic rings. The minimum Gasteiger partial charge on any atom is -0.382 e. The number of thiazole rings is 1. The molecule has 2 heterocycles. The van der Waals surface area contributed by atoms with E-state index in [1.54, 1.807) is 0 Å². The number of rotatable bonds is 5. The predicted molar refractivity (Wildman–Crippen MR) is 83.1 cm³/mol. The van der Waals surface area contributed by atoms with E-state index in [0.29, 0.717) is 16.6 Å². The summed E-state index contributed by atoms with van der Waals surface area (Å²) < 4.78 is 0. The smallest absolute Gasteiger partial charge is 0.265 e. The minimum atomic E-state index is -0.0971. The number of hydrogen-bond donors (Lipinski definition) is 3. The Morgan fingerprint density at radius 2 is 2.37 bits per heavy atom. The van der Waals surface area contributed by atoms with E-state index in [4.69, 9.17) is 5.73 Å². The van der Waals surface area contributed by atoms with Crippen LogP contribution in [0.2, 0.25) is 0 Å². The van der Waals surface area contributed by atoms with E-state index in [9.17, 15) is 4.79 Å². The molecule has 1 unspecified atom stereocenters. The van der Waals surface area contributed by atoms with Gasteiger partial charge < -0.3 is 16.4 Å². The molecular weight excluding hydrogens is 280 g/mol. The average Bonchev–Trinajstić information content (AvgIpc) is 2.96. The first-order valence-electron chi connectivity index (χ1n) is 6.45. The molecule has 1 atom stereocenters. The Kier molecular flexibility index (Phi) is 4.93. The fourth-order valence-electron chi connectivity index (χ4n) is 1.76. The summed E-state index contributed by atoms with van der Waals surface area (Å²) in [7, 11) is 0. The van der Waals surface area contributed by atoms with Crippen LogP contribution in [-0.2, 0) is 0 Å². The van der Waals surface area contributed by atoms with Crippen LogP contribution in [0.5, 0.6) is 0 Å². The third kappa shape index (κ3) is 4.01. The Morgan fingerprint density at radius 3 is 3.00 bits per heavy atom. The lowest BCUT2D eigenvalue weighted by Crippen LogP contribution is -2.34. The Balaban J connectivity index is 1.96. The van der Waals surface area contributed by atoms with Crippen LogP contribution < -0.4 is 16.4 Å². The molecule has 1 saturated heterocycles. The van der Waals surface area contributed by atoms with Crippen molar-refractivity contribution in [2.75, 3.05) is 29.1 Å². The monoisotopic (exact) mass is 300 g/mol.